The molecule has 2 heterocycles. The Balaban J connectivity index is 1.68. The number of carbonyl (C=O) groups excluding carboxylic acids is 2. The van der Waals surface area contributed by atoms with Crippen LogP contribution >= 0.6 is 0 Å². The highest BCUT2D eigenvalue weighted by Crippen LogP contribution is 2.42. The maximum absolute atomic E-state index is 13.4. The molecule has 7 N–H and O–H groups in total. The van der Waals surface area contributed by atoms with Crippen molar-refractivity contribution in [3.05, 3.63) is 0 Å². The number of primary amides is 1. The normalized spacial score (nSPS) is 31.5. The first-order valence-corrected chi connectivity index (χ1v) is 10.8. The fraction of sp³-hybridized carbons (Fsp3) is 0.850. The number of nitrogens with zero attached hydrogens (tertiary/aromatic N) is 2. The zero-order valence-electron chi connectivity index (χ0n) is 16.8. The van der Waals surface area contributed by atoms with E-state index in [2.05, 4.69) is 4.90 Å². The quantitative estimate of drug-likeness (QED) is 0.363. The summed E-state index contributed by atoms with van der Waals surface area (Å²) in [5.41, 5.74) is 16.8. The van der Waals surface area contributed by atoms with E-state index in [-0.39, 0.29) is 42.1 Å². The van der Waals surface area contributed by atoms with E-state index in [1.165, 1.54) is 0 Å². The molecule has 2 amide bonds. The van der Waals surface area contributed by atoms with Crippen molar-refractivity contribution in [3.63, 3.8) is 0 Å². The second-order valence-electron chi connectivity index (χ2n) is 8.84. The minimum atomic E-state index is -0.337. The van der Waals surface area contributed by atoms with Gasteiger partial charge in [-0.1, -0.05) is 0 Å². The van der Waals surface area contributed by atoms with Crippen LogP contribution < -0.4 is 17.2 Å². The van der Waals surface area contributed by atoms with Crippen molar-refractivity contribution < 1.29 is 9.59 Å². The van der Waals surface area contributed by atoms with Crippen LogP contribution in [0.4, 0.5) is 0 Å². The molecule has 28 heavy (non-hydrogen) atoms. The van der Waals surface area contributed by atoms with Gasteiger partial charge in [-0.2, -0.15) is 0 Å². The van der Waals surface area contributed by atoms with Gasteiger partial charge in [0.2, 0.25) is 11.8 Å². The number of likely N-dealkylation sites (tertiary alicyclic amines) is 2. The van der Waals surface area contributed by atoms with E-state index < -0.39 is 0 Å². The molecule has 8 heteroatoms. The van der Waals surface area contributed by atoms with Crippen molar-refractivity contribution in [1.29, 1.82) is 5.41 Å². The van der Waals surface area contributed by atoms with Crippen molar-refractivity contribution >= 4 is 17.6 Å². The van der Waals surface area contributed by atoms with Crippen LogP contribution in [0.2, 0.25) is 0 Å². The predicted octanol–water partition coefficient (Wildman–Crippen LogP) is 0.244. The summed E-state index contributed by atoms with van der Waals surface area (Å²) >= 11 is 0. The van der Waals surface area contributed by atoms with Gasteiger partial charge in [-0.3, -0.25) is 19.9 Å². The molecule has 1 saturated carbocycles. The Bertz CT molecular complexity index is 589. The molecule has 1 aliphatic carbocycles. The van der Waals surface area contributed by atoms with E-state index in [1.807, 2.05) is 4.90 Å². The van der Waals surface area contributed by atoms with Crippen molar-refractivity contribution in [1.82, 2.24) is 9.80 Å². The molecule has 0 spiro atoms. The molecule has 0 aromatic rings. The van der Waals surface area contributed by atoms with Gasteiger partial charge in [-0.15, -0.1) is 0 Å². The summed E-state index contributed by atoms with van der Waals surface area (Å²) in [6.07, 6.45) is 6.90. The van der Waals surface area contributed by atoms with Gasteiger partial charge in [0.25, 0.3) is 0 Å². The molecule has 0 bridgehead atoms. The topological polar surface area (TPSA) is 143 Å². The van der Waals surface area contributed by atoms with Gasteiger partial charge in [0.15, 0.2) is 0 Å². The number of carbonyl (C=O) groups is 2. The number of nitrogens with one attached hydrogen (secondary N) is 1. The molecule has 3 aliphatic rings. The fourth-order valence-corrected chi connectivity index (χ4v) is 5.52. The first kappa shape index (κ1) is 21.0. The van der Waals surface area contributed by atoms with Gasteiger partial charge in [0, 0.05) is 38.0 Å². The Morgan fingerprint density at radius 1 is 1.04 bits per heavy atom. The standard InChI is InChI=1S/C20H36N6O2/c21-7-3-13-4-8-25(9-5-13)20(28)17-11-14-1-2-15(19(23)24)12-16(14)26(17)10-6-18(22)27/h13-17H,1-12,21H2,(H2,22,27)(H3,23,24). The van der Waals surface area contributed by atoms with Crippen LogP contribution in [0.15, 0.2) is 0 Å². The number of hydrogen-bond acceptors (Lipinski definition) is 5. The molecule has 8 nitrogen and oxygen atoms in total. The molecule has 0 radical (unpaired) electrons. The number of nitrogens with two attached hydrogens (primary N) is 3. The Kier molecular flexibility index (Phi) is 6.93. The molecular weight excluding hydrogens is 356 g/mol. The summed E-state index contributed by atoms with van der Waals surface area (Å²) in [7, 11) is 0. The summed E-state index contributed by atoms with van der Waals surface area (Å²) in [4.78, 5) is 29.0. The van der Waals surface area contributed by atoms with Crippen molar-refractivity contribution in [2.45, 2.75) is 63.5 Å². The van der Waals surface area contributed by atoms with E-state index in [0.29, 0.717) is 24.9 Å². The lowest BCUT2D eigenvalue weighted by atomic mass is 9.78. The average Bonchev–Trinajstić information content (AvgIpc) is 3.04. The van der Waals surface area contributed by atoms with Gasteiger partial charge in [-0.05, 0) is 63.3 Å². The summed E-state index contributed by atoms with van der Waals surface area (Å²) < 4.78 is 0. The van der Waals surface area contributed by atoms with Gasteiger partial charge >= 0.3 is 0 Å². The van der Waals surface area contributed by atoms with Crippen LogP contribution in [0, 0.1) is 23.2 Å². The van der Waals surface area contributed by atoms with Gasteiger partial charge in [0.1, 0.15) is 0 Å². The molecule has 4 atom stereocenters. The number of amides is 2. The van der Waals surface area contributed by atoms with E-state index in [1.54, 1.807) is 0 Å². The lowest BCUT2D eigenvalue weighted by Gasteiger charge is -2.38. The smallest absolute Gasteiger partial charge is 0.239 e. The lowest BCUT2D eigenvalue weighted by molar-refractivity contribution is -0.138. The number of amidine groups is 1. The second-order valence-corrected chi connectivity index (χ2v) is 8.84. The highest BCUT2D eigenvalue weighted by atomic mass is 16.2. The highest BCUT2D eigenvalue weighted by Gasteiger charge is 2.48. The zero-order chi connectivity index (χ0) is 20.3. The third-order valence-corrected chi connectivity index (χ3v) is 7.15. The minimum Gasteiger partial charge on any atom is -0.387 e. The number of piperidine rings is 1. The monoisotopic (exact) mass is 392 g/mol. The van der Waals surface area contributed by atoms with Gasteiger partial charge < -0.3 is 22.1 Å². The summed E-state index contributed by atoms with van der Waals surface area (Å²) in [6, 6.07) is 0.0387. The second kappa shape index (κ2) is 9.22. The minimum absolute atomic E-state index is 0.0817. The molecule has 158 valence electrons. The molecule has 3 rings (SSSR count). The van der Waals surface area contributed by atoms with Crippen molar-refractivity contribution in [2.75, 3.05) is 26.2 Å². The van der Waals surface area contributed by atoms with E-state index in [0.717, 1.165) is 58.0 Å². The van der Waals surface area contributed by atoms with Crippen LogP contribution in [-0.4, -0.2) is 65.7 Å². The predicted molar refractivity (Wildman–Crippen MR) is 108 cm³/mol. The maximum atomic E-state index is 13.4. The van der Waals surface area contributed by atoms with Crippen LogP contribution in [0.5, 0.6) is 0 Å². The summed E-state index contributed by atoms with van der Waals surface area (Å²) in [5, 5.41) is 7.83. The van der Waals surface area contributed by atoms with Crippen LogP contribution in [0.1, 0.15) is 51.4 Å². The van der Waals surface area contributed by atoms with Crippen LogP contribution in [-0.2, 0) is 9.59 Å². The SMILES string of the molecule is N=C(N)C1CCC2CC(C(=O)N3CCC(CCN)CC3)N(CCC(N)=O)C2C1. The van der Waals surface area contributed by atoms with Crippen molar-refractivity contribution in [2.24, 2.45) is 35.0 Å². The zero-order valence-corrected chi connectivity index (χ0v) is 16.8. The third-order valence-electron chi connectivity index (χ3n) is 7.15. The van der Waals surface area contributed by atoms with E-state index >= 15 is 0 Å². The molecular formula is C20H36N6O2. The number of fused-ring (bicyclic) bond motifs is 1. The summed E-state index contributed by atoms with van der Waals surface area (Å²) in [5.74, 6) is 1.25. The summed E-state index contributed by atoms with van der Waals surface area (Å²) in [6.45, 7) is 2.83. The maximum Gasteiger partial charge on any atom is 0.239 e. The van der Waals surface area contributed by atoms with Crippen LogP contribution in [0.25, 0.3) is 0 Å². The Morgan fingerprint density at radius 3 is 2.36 bits per heavy atom. The fourth-order valence-electron chi connectivity index (χ4n) is 5.52. The van der Waals surface area contributed by atoms with Crippen molar-refractivity contribution in [3.8, 4) is 0 Å². The molecule has 2 aliphatic heterocycles. The average molecular weight is 393 g/mol. The largest absolute Gasteiger partial charge is 0.387 e. The molecule has 0 aromatic heterocycles. The molecule has 0 aromatic carbocycles. The van der Waals surface area contributed by atoms with Crippen LogP contribution in [0.3, 0.4) is 0 Å². The molecule has 2 saturated heterocycles. The van der Waals surface area contributed by atoms with Gasteiger partial charge in [0.05, 0.1) is 11.9 Å². The van der Waals surface area contributed by atoms with Gasteiger partial charge in [-0.25, -0.2) is 0 Å². The first-order chi connectivity index (χ1) is 13.4. The first-order valence-electron chi connectivity index (χ1n) is 10.8. The Morgan fingerprint density at radius 2 is 1.75 bits per heavy atom. The van der Waals surface area contributed by atoms with E-state index in [9.17, 15) is 9.59 Å². The highest BCUT2D eigenvalue weighted by molar-refractivity contribution is 5.83. The molecule has 3 fully saturated rings. The Labute approximate surface area is 167 Å². The number of rotatable bonds is 7. The number of hydrogen-bond donors (Lipinski definition) is 4. The lowest BCUT2D eigenvalue weighted by Crippen LogP contribution is -2.51. The third kappa shape index (κ3) is 4.66. The Hall–Kier alpha value is -1.67. The van der Waals surface area contributed by atoms with E-state index in [4.69, 9.17) is 22.6 Å². The molecule has 4 unspecified atom stereocenters.